The number of hydrogen-bond acceptors (Lipinski definition) is 2. The molecule has 326 valence electrons. The molecule has 1 spiro atoms. The number of furan rings is 1. The zero-order valence-corrected chi connectivity index (χ0v) is 38.1. The van der Waals surface area contributed by atoms with Crippen LogP contribution in [0.1, 0.15) is 22.3 Å². The van der Waals surface area contributed by atoms with E-state index in [4.69, 9.17) is 4.42 Å². The fraction of sp³-hybridized carbons (Fsp3) is 0.0149. The van der Waals surface area contributed by atoms with E-state index in [1.165, 1.54) is 77.6 Å². The molecule has 1 aliphatic carbocycles. The summed E-state index contributed by atoms with van der Waals surface area (Å²) in [5, 5.41) is 4.81. The molecule has 3 heterocycles. The molecule has 0 amide bonds. The fourth-order valence-electron chi connectivity index (χ4n) is 12.4. The van der Waals surface area contributed by atoms with Gasteiger partial charge in [0.1, 0.15) is 11.2 Å². The van der Waals surface area contributed by atoms with Crippen LogP contribution in [0.2, 0.25) is 0 Å². The average molecular weight is 891 g/mol. The second kappa shape index (κ2) is 14.9. The molecule has 0 fully saturated rings. The Bertz CT molecular complexity index is 4250. The molecule has 0 N–H and O–H groups in total. The second-order valence-corrected chi connectivity index (χ2v) is 18.7. The molecule has 70 heavy (non-hydrogen) atoms. The van der Waals surface area contributed by atoms with Gasteiger partial charge in [-0.05, 0) is 104 Å². The molecule has 0 bridgehead atoms. The van der Waals surface area contributed by atoms with Gasteiger partial charge in [-0.2, -0.15) is 0 Å². The lowest BCUT2D eigenvalue weighted by Crippen LogP contribution is -2.33. The SMILES string of the molecule is c1ccc(-c2ccccc2-c2ccccc2N(c2ccc(-c3cccc4c3oc3ccccc34)cc2)c2ccc3c(c2)-c2ccccc2C32c3ccccc3-n3c4ccccc4c4cccc2c43)cc1. The Hall–Kier alpha value is -9.18. The van der Waals surface area contributed by atoms with Crippen molar-refractivity contribution in [1.82, 2.24) is 4.57 Å². The summed E-state index contributed by atoms with van der Waals surface area (Å²) in [6, 6.07) is 93.6. The predicted molar refractivity (Wildman–Crippen MR) is 290 cm³/mol. The van der Waals surface area contributed by atoms with E-state index in [1.807, 2.05) is 6.07 Å². The molecule has 11 aromatic carbocycles. The van der Waals surface area contributed by atoms with Crippen molar-refractivity contribution in [1.29, 1.82) is 0 Å². The predicted octanol–water partition coefficient (Wildman–Crippen LogP) is 17.8. The van der Waals surface area contributed by atoms with Gasteiger partial charge in [-0.15, -0.1) is 0 Å². The quantitative estimate of drug-likeness (QED) is 0.166. The maximum atomic E-state index is 6.55. The molecule has 3 heteroatoms. The van der Waals surface area contributed by atoms with Gasteiger partial charge in [0.05, 0.1) is 27.8 Å². The summed E-state index contributed by atoms with van der Waals surface area (Å²) in [5.74, 6) is 0. The summed E-state index contributed by atoms with van der Waals surface area (Å²) < 4.78 is 9.06. The Kier molecular flexibility index (Phi) is 8.28. The Morgan fingerprint density at radius 3 is 1.80 bits per heavy atom. The van der Waals surface area contributed by atoms with Gasteiger partial charge < -0.3 is 13.9 Å². The minimum atomic E-state index is -0.540. The summed E-state index contributed by atoms with van der Waals surface area (Å²) in [6.45, 7) is 0. The van der Waals surface area contributed by atoms with E-state index >= 15 is 0 Å². The van der Waals surface area contributed by atoms with E-state index in [9.17, 15) is 0 Å². The van der Waals surface area contributed by atoms with Crippen LogP contribution in [-0.2, 0) is 5.41 Å². The molecule has 1 aliphatic heterocycles. The summed E-state index contributed by atoms with van der Waals surface area (Å²) in [6.07, 6.45) is 0. The number of nitrogens with zero attached hydrogens (tertiary/aromatic N) is 2. The molecule has 0 saturated carbocycles. The molecule has 0 saturated heterocycles. The molecule has 2 aromatic heterocycles. The largest absolute Gasteiger partial charge is 0.455 e. The zero-order chi connectivity index (χ0) is 45.9. The normalized spacial score (nSPS) is 14.3. The summed E-state index contributed by atoms with van der Waals surface area (Å²) in [4.78, 5) is 2.46. The van der Waals surface area contributed by atoms with Gasteiger partial charge in [0.25, 0.3) is 0 Å². The number of anilines is 3. The first-order chi connectivity index (χ1) is 34.8. The van der Waals surface area contributed by atoms with Crippen molar-refractivity contribution >= 4 is 60.8 Å². The van der Waals surface area contributed by atoms with Gasteiger partial charge in [-0.3, -0.25) is 0 Å². The van der Waals surface area contributed by atoms with Gasteiger partial charge in [0.2, 0.25) is 0 Å². The Balaban J connectivity index is 0.967. The van der Waals surface area contributed by atoms with Crippen LogP contribution in [0.15, 0.2) is 259 Å². The third-order valence-electron chi connectivity index (χ3n) is 15.2. The molecule has 13 aromatic rings. The van der Waals surface area contributed by atoms with Crippen LogP contribution < -0.4 is 4.90 Å². The first kappa shape index (κ1) is 38.9. The van der Waals surface area contributed by atoms with Crippen LogP contribution >= 0.6 is 0 Å². The highest BCUT2D eigenvalue weighted by molar-refractivity contribution is 6.13. The minimum absolute atomic E-state index is 0.540. The Labute approximate surface area is 405 Å². The molecule has 1 atom stereocenters. The van der Waals surface area contributed by atoms with Gasteiger partial charge in [0, 0.05) is 44.0 Å². The second-order valence-electron chi connectivity index (χ2n) is 18.7. The van der Waals surface area contributed by atoms with Crippen molar-refractivity contribution in [3.05, 3.63) is 277 Å². The lowest BCUT2D eigenvalue weighted by atomic mass is 9.65. The van der Waals surface area contributed by atoms with Crippen molar-refractivity contribution in [3.8, 4) is 50.2 Å². The van der Waals surface area contributed by atoms with E-state index in [2.05, 4.69) is 258 Å². The van der Waals surface area contributed by atoms with E-state index in [0.29, 0.717) is 0 Å². The van der Waals surface area contributed by atoms with Crippen molar-refractivity contribution in [2.45, 2.75) is 5.41 Å². The smallest absolute Gasteiger partial charge is 0.143 e. The zero-order valence-electron chi connectivity index (χ0n) is 38.1. The molecule has 2 aliphatic rings. The number of fused-ring (bicyclic) bond motifs is 15. The van der Waals surface area contributed by atoms with Gasteiger partial charge in [-0.1, -0.05) is 206 Å². The number of hydrogen-bond donors (Lipinski definition) is 0. The summed E-state index contributed by atoms with van der Waals surface area (Å²) in [5.41, 5.74) is 22.8. The van der Waals surface area contributed by atoms with Crippen LogP contribution in [0.3, 0.4) is 0 Å². The monoisotopic (exact) mass is 890 g/mol. The first-order valence-corrected chi connectivity index (χ1v) is 24.2. The number of aromatic nitrogens is 1. The minimum Gasteiger partial charge on any atom is -0.455 e. The van der Waals surface area contributed by atoms with Crippen LogP contribution in [-0.4, -0.2) is 4.57 Å². The maximum absolute atomic E-state index is 6.55. The van der Waals surface area contributed by atoms with Crippen LogP contribution in [0, 0.1) is 0 Å². The van der Waals surface area contributed by atoms with Crippen LogP contribution in [0.4, 0.5) is 17.1 Å². The number of para-hydroxylation sites is 6. The third kappa shape index (κ3) is 5.34. The maximum Gasteiger partial charge on any atom is 0.143 e. The van der Waals surface area contributed by atoms with Crippen molar-refractivity contribution in [2.75, 3.05) is 4.90 Å². The highest BCUT2D eigenvalue weighted by atomic mass is 16.3. The lowest BCUT2D eigenvalue weighted by molar-refractivity contribution is 0.670. The van der Waals surface area contributed by atoms with Crippen LogP contribution in [0.25, 0.3) is 93.9 Å². The topological polar surface area (TPSA) is 21.3 Å². The van der Waals surface area contributed by atoms with Crippen molar-refractivity contribution in [3.63, 3.8) is 0 Å². The van der Waals surface area contributed by atoms with Gasteiger partial charge in [-0.25, -0.2) is 0 Å². The lowest BCUT2D eigenvalue weighted by Gasteiger charge is -2.39. The highest BCUT2D eigenvalue weighted by Gasteiger charge is 2.51. The van der Waals surface area contributed by atoms with Gasteiger partial charge in [0.15, 0.2) is 0 Å². The molecular formula is C67H42N2O. The summed E-state index contributed by atoms with van der Waals surface area (Å²) >= 11 is 0. The van der Waals surface area contributed by atoms with E-state index < -0.39 is 5.41 Å². The van der Waals surface area contributed by atoms with Crippen molar-refractivity contribution < 1.29 is 4.42 Å². The number of rotatable bonds is 6. The van der Waals surface area contributed by atoms with Gasteiger partial charge >= 0.3 is 0 Å². The third-order valence-corrected chi connectivity index (χ3v) is 15.2. The fourth-order valence-corrected chi connectivity index (χ4v) is 12.4. The summed E-state index contributed by atoms with van der Waals surface area (Å²) in [7, 11) is 0. The molecular weight excluding hydrogens is 849 g/mol. The van der Waals surface area contributed by atoms with E-state index in [-0.39, 0.29) is 0 Å². The Morgan fingerprint density at radius 1 is 0.343 bits per heavy atom. The Morgan fingerprint density at radius 2 is 0.929 bits per heavy atom. The molecule has 3 nitrogen and oxygen atoms in total. The first-order valence-electron chi connectivity index (χ1n) is 24.2. The standard InChI is InChI=1S/C67H42N2O/c1-2-18-43(19-3-1)47-20-4-5-21-49(47)51-23-7-12-32-61(51)68(45-38-36-44(37-39-45)48-26-16-28-55-53-25-9-15-35-64(53)70-66(48)55)46-40-41-58-56(42-46)50-22-6-10-29-57(50)67(58)59-30-11-14-34-63(59)69-62-33-13-8-24-52(62)54-27-17-31-60(67)65(54)69/h1-42H. The molecule has 0 radical (unpaired) electrons. The highest BCUT2D eigenvalue weighted by Crippen LogP contribution is 2.62. The number of benzene rings is 11. The van der Waals surface area contributed by atoms with Crippen molar-refractivity contribution in [2.24, 2.45) is 0 Å². The molecule has 15 rings (SSSR count). The van der Waals surface area contributed by atoms with E-state index in [1.54, 1.807) is 0 Å². The molecule has 1 unspecified atom stereocenters. The van der Waals surface area contributed by atoms with E-state index in [0.717, 1.165) is 55.7 Å². The average Bonchev–Trinajstić information content (AvgIpc) is 4.09. The van der Waals surface area contributed by atoms with Crippen LogP contribution in [0.5, 0.6) is 0 Å².